The van der Waals surface area contributed by atoms with E-state index in [4.69, 9.17) is 9.84 Å². The third-order valence-electron chi connectivity index (χ3n) is 2.99. The standard InChI is InChI=1S/C16H23NO4/c1-12(2)8-9-21-16(20)14(17-15(19)11-18)10-13-6-4-3-5-7-13/h3-7,12,14,18H,8-11H2,1-2H3,(H,17,19). The van der Waals surface area contributed by atoms with Gasteiger partial charge in [0.15, 0.2) is 0 Å². The number of esters is 1. The van der Waals surface area contributed by atoms with Crippen molar-refractivity contribution < 1.29 is 19.4 Å². The van der Waals surface area contributed by atoms with Crippen molar-refractivity contribution in [1.29, 1.82) is 0 Å². The first kappa shape index (κ1) is 17.2. The molecule has 5 nitrogen and oxygen atoms in total. The monoisotopic (exact) mass is 293 g/mol. The maximum Gasteiger partial charge on any atom is 0.328 e. The molecule has 5 heteroatoms. The highest BCUT2D eigenvalue weighted by Crippen LogP contribution is 2.06. The van der Waals surface area contributed by atoms with Crippen LogP contribution in [0.1, 0.15) is 25.8 Å². The highest BCUT2D eigenvalue weighted by Gasteiger charge is 2.22. The number of carbonyl (C=O) groups excluding carboxylic acids is 2. The van der Waals surface area contributed by atoms with Crippen LogP contribution >= 0.6 is 0 Å². The number of nitrogens with one attached hydrogen (secondary N) is 1. The molecule has 1 aromatic carbocycles. The minimum Gasteiger partial charge on any atom is -0.464 e. The average molecular weight is 293 g/mol. The van der Waals surface area contributed by atoms with Crippen molar-refractivity contribution in [3.63, 3.8) is 0 Å². The summed E-state index contributed by atoms with van der Waals surface area (Å²) in [6.45, 7) is 3.77. The summed E-state index contributed by atoms with van der Waals surface area (Å²) < 4.78 is 5.20. The molecule has 2 N–H and O–H groups in total. The fourth-order valence-electron chi connectivity index (χ4n) is 1.78. The first-order valence-corrected chi connectivity index (χ1v) is 7.13. The number of ether oxygens (including phenoxy) is 1. The molecule has 0 bridgehead atoms. The molecule has 116 valence electrons. The molecular formula is C16H23NO4. The summed E-state index contributed by atoms with van der Waals surface area (Å²) in [6.07, 6.45) is 1.12. The van der Waals surface area contributed by atoms with Gasteiger partial charge in [-0.1, -0.05) is 44.2 Å². The lowest BCUT2D eigenvalue weighted by Crippen LogP contribution is -2.44. The maximum atomic E-state index is 12.1. The topological polar surface area (TPSA) is 75.6 Å². The second-order valence-electron chi connectivity index (χ2n) is 5.32. The van der Waals surface area contributed by atoms with Crippen LogP contribution in [0.4, 0.5) is 0 Å². The maximum absolute atomic E-state index is 12.1. The predicted molar refractivity (Wildman–Crippen MR) is 79.6 cm³/mol. The van der Waals surface area contributed by atoms with Crippen molar-refractivity contribution in [3.05, 3.63) is 35.9 Å². The van der Waals surface area contributed by atoms with E-state index in [1.54, 1.807) is 0 Å². The van der Waals surface area contributed by atoms with Crippen LogP contribution in [-0.2, 0) is 20.7 Å². The van der Waals surface area contributed by atoms with Crippen molar-refractivity contribution in [2.75, 3.05) is 13.2 Å². The Morgan fingerprint density at radius 1 is 1.24 bits per heavy atom. The molecule has 0 saturated heterocycles. The van der Waals surface area contributed by atoms with Crippen molar-refractivity contribution in [2.24, 2.45) is 5.92 Å². The van der Waals surface area contributed by atoms with Crippen molar-refractivity contribution >= 4 is 11.9 Å². The number of aliphatic hydroxyl groups excluding tert-OH is 1. The Kier molecular flexibility index (Phi) is 7.46. The summed E-state index contributed by atoms with van der Waals surface area (Å²) in [5, 5.41) is 11.3. The third-order valence-corrected chi connectivity index (χ3v) is 2.99. The number of benzene rings is 1. The van der Waals surface area contributed by atoms with Gasteiger partial charge in [0.2, 0.25) is 5.91 Å². The molecule has 0 radical (unpaired) electrons. The first-order valence-electron chi connectivity index (χ1n) is 7.13. The SMILES string of the molecule is CC(C)CCOC(=O)C(Cc1ccccc1)NC(=O)CO. The molecule has 1 amide bonds. The van der Waals surface area contributed by atoms with E-state index >= 15 is 0 Å². The molecule has 1 rings (SSSR count). The van der Waals surface area contributed by atoms with E-state index < -0.39 is 24.5 Å². The predicted octanol–water partition coefficient (Wildman–Crippen LogP) is 1.30. The zero-order chi connectivity index (χ0) is 15.7. The van der Waals surface area contributed by atoms with E-state index in [0.717, 1.165) is 12.0 Å². The Hall–Kier alpha value is -1.88. The van der Waals surface area contributed by atoms with Crippen molar-refractivity contribution in [1.82, 2.24) is 5.32 Å². The van der Waals surface area contributed by atoms with Gasteiger partial charge in [0.1, 0.15) is 12.6 Å². The van der Waals surface area contributed by atoms with Crippen LogP contribution in [0.2, 0.25) is 0 Å². The number of hydrogen-bond acceptors (Lipinski definition) is 4. The van der Waals surface area contributed by atoms with Crippen molar-refractivity contribution in [2.45, 2.75) is 32.7 Å². The van der Waals surface area contributed by atoms with Gasteiger partial charge in [0.25, 0.3) is 0 Å². The van der Waals surface area contributed by atoms with E-state index in [-0.39, 0.29) is 0 Å². The fourth-order valence-corrected chi connectivity index (χ4v) is 1.78. The van der Waals surface area contributed by atoms with E-state index in [9.17, 15) is 9.59 Å². The molecule has 0 spiro atoms. The number of aliphatic hydroxyl groups is 1. The van der Waals surface area contributed by atoms with Gasteiger partial charge in [-0.05, 0) is 17.9 Å². The normalized spacial score (nSPS) is 12.0. The molecule has 0 fully saturated rings. The largest absolute Gasteiger partial charge is 0.464 e. The number of hydrogen-bond donors (Lipinski definition) is 2. The Bertz CT molecular complexity index is 445. The third kappa shape index (κ3) is 6.90. The van der Waals surface area contributed by atoms with Crippen LogP contribution in [0.15, 0.2) is 30.3 Å². The van der Waals surface area contributed by atoms with Crippen molar-refractivity contribution in [3.8, 4) is 0 Å². The second kappa shape index (κ2) is 9.13. The zero-order valence-corrected chi connectivity index (χ0v) is 12.5. The van der Waals surface area contributed by atoms with Gasteiger partial charge in [0.05, 0.1) is 6.61 Å². The Balaban J connectivity index is 2.63. The summed E-state index contributed by atoms with van der Waals surface area (Å²) in [4.78, 5) is 23.4. The summed E-state index contributed by atoms with van der Waals surface area (Å²) >= 11 is 0. The molecule has 0 aliphatic carbocycles. The molecule has 1 atom stereocenters. The second-order valence-corrected chi connectivity index (χ2v) is 5.32. The average Bonchev–Trinajstić information content (AvgIpc) is 2.47. The van der Waals surface area contributed by atoms with E-state index in [0.29, 0.717) is 18.9 Å². The molecule has 0 saturated carbocycles. The lowest BCUT2D eigenvalue weighted by molar-refractivity contribution is -0.148. The van der Waals surface area contributed by atoms with Crippen LogP contribution in [-0.4, -0.2) is 36.2 Å². The summed E-state index contributed by atoms with van der Waals surface area (Å²) in [5.74, 6) is -0.615. The van der Waals surface area contributed by atoms with Crippen LogP contribution in [0.3, 0.4) is 0 Å². The fraction of sp³-hybridized carbons (Fsp3) is 0.500. The Morgan fingerprint density at radius 2 is 1.90 bits per heavy atom. The molecular weight excluding hydrogens is 270 g/mol. The van der Waals surface area contributed by atoms with Gasteiger partial charge in [0, 0.05) is 6.42 Å². The molecule has 1 unspecified atom stereocenters. The minimum absolute atomic E-state index is 0.330. The molecule has 21 heavy (non-hydrogen) atoms. The van der Waals surface area contributed by atoms with E-state index in [1.165, 1.54) is 0 Å². The summed E-state index contributed by atoms with van der Waals surface area (Å²) in [6, 6.07) is 8.58. The highest BCUT2D eigenvalue weighted by molar-refractivity contribution is 5.85. The Labute approximate surface area is 125 Å². The number of amides is 1. The smallest absolute Gasteiger partial charge is 0.328 e. The highest BCUT2D eigenvalue weighted by atomic mass is 16.5. The molecule has 0 aromatic heterocycles. The van der Waals surface area contributed by atoms with Gasteiger partial charge in [-0.2, -0.15) is 0 Å². The van der Waals surface area contributed by atoms with Gasteiger partial charge in [-0.3, -0.25) is 4.79 Å². The van der Waals surface area contributed by atoms with Gasteiger partial charge in [-0.15, -0.1) is 0 Å². The summed E-state index contributed by atoms with van der Waals surface area (Å²) in [7, 11) is 0. The quantitative estimate of drug-likeness (QED) is 0.708. The van der Waals surface area contributed by atoms with Gasteiger partial charge in [-0.25, -0.2) is 4.79 Å². The van der Waals surface area contributed by atoms with Gasteiger partial charge >= 0.3 is 5.97 Å². The van der Waals surface area contributed by atoms with Gasteiger partial charge < -0.3 is 15.2 Å². The summed E-state index contributed by atoms with van der Waals surface area (Å²) in [5.41, 5.74) is 0.918. The lowest BCUT2D eigenvalue weighted by atomic mass is 10.1. The molecule has 1 aromatic rings. The first-order chi connectivity index (χ1) is 10.0. The Morgan fingerprint density at radius 3 is 2.48 bits per heavy atom. The van der Waals surface area contributed by atoms with Crippen LogP contribution in [0, 0.1) is 5.92 Å². The van der Waals surface area contributed by atoms with Crippen LogP contribution in [0.25, 0.3) is 0 Å². The molecule has 0 aliphatic heterocycles. The zero-order valence-electron chi connectivity index (χ0n) is 12.5. The van der Waals surface area contributed by atoms with Crippen LogP contribution < -0.4 is 5.32 Å². The minimum atomic E-state index is -0.779. The lowest BCUT2D eigenvalue weighted by Gasteiger charge is -2.17. The number of rotatable bonds is 8. The molecule has 0 heterocycles. The molecule has 0 aliphatic rings. The number of carbonyl (C=O) groups is 2. The van der Waals surface area contributed by atoms with E-state index in [1.807, 2.05) is 44.2 Å². The van der Waals surface area contributed by atoms with Crippen LogP contribution in [0.5, 0.6) is 0 Å². The van der Waals surface area contributed by atoms with E-state index in [2.05, 4.69) is 5.32 Å².